The summed E-state index contributed by atoms with van der Waals surface area (Å²) in [6, 6.07) is 22.3. The lowest BCUT2D eigenvalue weighted by atomic mass is 9.95. The Morgan fingerprint density at radius 2 is 1.63 bits per heavy atom. The van der Waals surface area contributed by atoms with Crippen molar-refractivity contribution in [2.24, 2.45) is 11.5 Å². The SMILES string of the molecule is Cc1nc(-c2ccccc2)nc(-c2ccccc2Cl)c1N(C(N)=O)c1c(CN)cccc1C(C)C. The van der Waals surface area contributed by atoms with E-state index < -0.39 is 6.03 Å². The molecular weight excluding hydrogens is 458 g/mol. The molecule has 0 unspecified atom stereocenters. The van der Waals surface area contributed by atoms with E-state index in [4.69, 9.17) is 33.0 Å². The Bertz CT molecular complexity index is 1370. The largest absolute Gasteiger partial charge is 0.351 e. The Balaban J connectivity index is 2.09. The highest BCUT2D eigenvalue weighted by Gasteiger charge is 2.29. The molecule has 35 heavy (non-hydrogen) atoms. The fourth-order valence-corrected chi connectivity index (χ4v) is 4.46. The predicted molar refractivity (Wildman–Crippen MR) is 143 cm³/mol. The van der Waals surface area contributed by atoms with Gasteiger partial charge in [0.25, 0.3) is 0 Å². The molecule has 7 heteroatoms. The van der Waals surface area contributed by atoms with Crippen molar-refractivity contribution in [1.82, 2.24) is 9.97 Å². The summed E-state index contributed by atoms with van der Waals surface area (Å²) in [5, 5.41) is 0.506. The molecule has 0 saturated heterocycles. The highest BCUT2D eigenvalue weighted by atomic mass is 35.5. The summed E-state index contributed by atoms with van der Waals surface area (Å²) < 4.78 is 0. The van der Waals surface area contributed by atoms with Crippen molar-refractivity contribution >= 4 is 29.0 Å². The highest BCUT2D eigenvalue weighted by Crippen LogP contribution is 2.43. The van der Waals surface area contributed by atoms with E-state index in [1.54, 1.807) is 6.07 Å². The van der Waals surface area contributed by atoms with Gasteiger partial charge in [-0.1, -0.05) is 92.2 Å². The van der Waals surface area contributed by atoms with Crippen LogP contribution in [0.15, 0.2) is 72.8 Å². The Morgan fingerprint density at radius 3 is 2.26 bits per heavy atom. The van der Waals surface area contributed by atoms with Gasteiger partial charge in [-0.25, -0.2) is 14.8 Å². The van der Waals surface area contributed by atoms with Gasteiger partial charge in [0.1, 0.15) is 5.69 Å². The Morgan fingerprint density at radius 1 is 0.943 bits per heavy atom. The van der Waals surface area contributed by atoms with Crippen molar-refractivity contribution in [3.05, 3.63) is 94.6 Å². The molecule has 3 aromatic carbocycles. The van der Waals surface area contributed by atoms with Gasteiger partial charge in [-0.2, -0.15) is 0 Å². The first kappa shape index (κ1) is 24.4. The van der Waals surface area contributed by atoms with Crippen molar-refractivity contribution in [2.45, 2.75) is 33.2 Å². The van der Waals surface area contributed by atoms with Gasteiger partial charge in [-0.05, 0) is 30.0 Å². The van der Waals surface area contributed by atoms with Crippen LogP contribution in [0.25, 0.3) is 22.6 Å². The van der Waals surface area contributed by atoms with Crippen LogP contribution in [0.2, 0.25) is 5.02 Å². The molecule has 0 saturated carbocycles. The average molecular weight is 486 g/mol. The van der Waals surface area contributed by atoms with Gasteiger partial charge >= 0.3 is 6.03 Å². The fraction of sp³-hybridized carbons (Fsp3) is 0.179. The number of halogens is 1. The van der Waals surface area contributed by atoms with Gasteiger partial charge in [0, 0.05) is 17.7 Å². The number of carbonyl (C=O) groups excluding carboxylic acids is 1. The number of para-hydroxylation sites is 1. The molecule has 0 atom stereocenters. The molecule has 4 N–H and O–H groups in total. The van der Waals surface area contributed by atoms with Crippen LogP contribution >= 0.6 is 11.6 Å². The third-order valence-electron chi connectivity index (χ3n) is 5.88. The first-order chi connectivity index (χ1) is 16.8. The van der Waals surface area contributed by atoms with Gasteiger partial charge in [0.15, 0.2) is 5.82 Å². The second-order valence-electron chi connectivity index (χ2n) is 8.56. The molecule has 4 rings (SSSR count). The Labute approximate surface area is 210 Å². The standard InChI is InChI=1S/C28H28ClN5O/c1-17(2)21-14-9-12-20(16-30)26(21)34(28(31)35)25-18(3)32-27(19-10-5-4-6-11-19)33-24(25)22-13-7-8-15-23(22)29/h4-15,17H,16,30H2,1-3H3,(H2,31,35). The molecule has 1 aromatic heterocycles. The third kappa shape index (κ3) is 4.76. The molecule has 0 spiro atoms. The van der Waals surface area contributed by atoms with Crippen LogP contribution in [0.5, 0.6) is 0 Å². The summed E-state index contributed by atoms with van der Waals surface area (Å²) in [5.74, 6) is 0.648. The lowest BCUT2D eigenvalue weighted by Crippen LogP contribution is -2.35. The van der Waals surface area contributed by atoms with E-state index in [0.29, 0.717) is 39.2 Å². The quantitative estimate of drug-likeness (QED) is 0.322. The molecule has 0 aliphatic carbocycles. The summed E-state index contributed by atoms with van der Waals surface area (Å²) in [4.78, 5) is 24.3. The molecule has 0 radical (unpaired) electrons. The number of aryl methyl sites for hydroxylation is 1. The Hall–Kier alpha value is -3.74. The van der Waals surface area contributed by atoms with Crippen LogP contribution in [-0.2, 0) is 6.54 Å². The van der Waals surface area contributed by atoms with Crippen molar-refractivity contribution < 1.29 is 4.79 Å². The van der Waals surface area contributed by atoms with Gasteiger partial charge in [0.2, 0.25) is 0 Å². The van der Waals surface area contributed by atoms with Gasteiger partial charge in [0.05, 0.1) is 22.1 Å². The number of aromatic nitrogens is 2. The molecule has 0 bridgehead atoms. The minimum Gasteiger partial charge on any atom is -0.351 e. The van der Waals surface area contributed by atoms with E-state index in [-0.39, 0.29) is 12.5 Å². The minimum atomic E-state index is -0.653. The summed E-state index contributed by atoms with van der Waals surface area (Å²) in [7, 11) is 0. The minimum absolute atomic E-state index is 0.118. The molecule has 4 aromatic rings. The first-order valence-corrected chi connectivity index (χ1v) is 11.8. The molecule has 0 aliphatic rings. The number of benzene rings is 3. The van der Waals surface area contributed by atoms with Crippen molar-refractivity contribution in [3.63, 3.8) is 0 Å². The number of nitrogens with two attached hydrogens (primary N) is 2. The number of primary amides is 1. The van der Waals surface area contributed by atoms with Crippen LogP contribution in [0, 0.1) is 6.92 Å². The van der Waals surface area contributed by atoms with E-state index in [1.165, 1.54) is 4.90 Å². The molecule has 6 nitrogen and oxygen atoms in total. The first-order valence-electron chi connectivity index (χ1n) is 11.4. The van der Waals surface area contributed by atoms with Crippen molar-refractivity contribution in [1.29, 1.82) is 0 Å². The monoisotopic (exact) mass is 485 g/mol. The summed E-state index contributed by atoms with van der Waals surface area (Å²) in [5.41, 5.74) is 17.7. The van der Waals surface area contributed by atoms with Crippen LogP contribution in [-0.4, -0.2) is 16.0 Å². The zero-order valence-electron chi connectivity index (χ0n) is 20.0. The lowest BCUT2D eigenvalue weighted by Gasteiger charge is -2.30. The normalized spacial score (nSPS) is 11.0. The molecular formula is C28H28ClN5O. The Kier molecular flexibility index (Phi) is 7.15. The van der Waals surface area contributed by atoms with Gasteiger partial charge in [-0.3, -0.25) is 4.90 Å². The van der Waals surface area contributed by atoms with Crippen LogP contribution < -0.4 is 16.4 Å². The number of urea groups is 1. The van der Waals surface area contributed by atoms with Crippen LogP contribution in [0.3, 0.4) is 0 Å². The molecule has 2 amide bonds. The van der Waals surface area contributed by atoms with E-state index in [2.05, 4.69) is 13.8 Å². The fourth-order valence-electron chi connectivity index (χ4n) is 4.24. The zero-order valence-corrected chi connectivity index (χ0v) is 20.8. The topological polar surface area (TPSA) is 98.1 Å². The van der Waals surface area contributed by atoms with E-state index in [0.717, 1.165) is 16.7 Å². The lowest BCUT2D eigenvalue weighted by molar-refractivity contribution is 0.256. The maximum atomic E-state index is 13.1. The number of rotatable bonds is 6. The van der Waals surface area contributed by atoms with E-state index in [1.807, 2.05) is 73.7 Å². The number of hydrogen-bond donors (Lipinski definition) is 2. The maximum Gasteiger partial charge on any atom is 0.324 e. The second-order valence-corrected chi connectivity index (χ2v) is 8.97. The number of carbonyl (C=O) groups is 1. The van der Waals surface area contributed by atoms with Gasteiger partial charge < -0.3 is 11.5 Å². The zero-order chi connectivity index (χ0) is 25.1. The van der Waals surface area contributed by atoms with E-state index >= 15 is 0 Å². The van der Waals surface area contributed by atoms with Crippen molar-refractivity contribution in [3.8, 4) is 22.6 Å². The molecule has 0 aliphatic heterocycles. The summed E-state index contributed by atoms with van der Waals surface area (Å²) in [6.07, 6.45) is 0. The van der Waals surface area contributed by atoms with Crippen LogP contribution in [0.1, 0.15) is 36.6 Å². The van der Waals surface area contributed by atoms with Gasteiger partial charge in [-0.15, -0.1) is 0 Å². The predicted octanol–water partition coefficient (Wildman–Crippen LogP) is 6.57. The number of nitrogens with zero attached hydrogens (tertiary/aromatic N) is 3. The van der Waals surface area contributed by atoms with Crippen LogP contribution in [0.4, 0.5) is 16.2 Å². The third-order valence-corrected chi connectivity index (χ3v) is 6.21. The smallest absolute Gasteiger partial charge is 0.324 e. The number of hydrogen-bond acceptors (Lipinski definition) is 4. The maximum absolute atomic E-state index is 13.1. The number of anilines is 2. The summed E-state index contributed by atoms with van der Waals surface area (Å²) >= 11 is 6.64. The highest BCUT2D eigenvalue weighted by molar-refractivity contribution is 6.33. The molecule has 178 valence electrons. The van der Waals surface area contributed by atoms with Crippen molar-refractivity contribution in [2.75, 3.05) is 4.90 Å². The number of amides is 2. The molecule has 0 fully saturated rings. The molecule has 1 heterocycles. The second kappa shape index (κ2) is 10.3. The summed E-state index contributed by atoms with van der Waals surface area (Å²) in [6.45, 7) is 6.22. The van der Waals surface area contributed by atoms with E-state index in [9.17, 15) is 4.79 Å². The average Bonchev–Trinajstić information content (AvgIpc) is 2.85.